The summed E-state index contributed by atoms with van der Waals surface area (Å²) in [6.07, 6.45) is 1.71. The molecule has 0 radical (unpaired) electrons. The summed E-state index contributed by atoms with van der Waals surface area (Å²) in [5.74, 6) is 1.34. The number of benzene rings is 1. The minimum absolute atomic E-state index is 0.00293. The lowest BCUT2D eigenvalue weighted by Crippen LogP contribution is -2.57. The Labute approximate surface area is 174 Å². The molecule has 0 saturated carbocycles. The third-order valence-electron chi connectivity index (χ3n) is 7.07. The molecule has 0 aliphatic carbocycles. The van der Waals surface area contributed by atoms with Crippen molar-refractivity contribution < 1.29 is 9.59 Å². The first-order valence-corrected chi connectivity index (χ1v) is 11.0. The summed E-state index contributed by atoms with van der Waals surface area (Å²) in [4.78, 5) is 29.7. The van der Waals surface area contributed by atoms with Gasteiger partial charge in [-0.05, 0) is 36.8 Å². The Morgan fingerprint density at radius 3 is 2.66 bits per heavy atom. The fourth-order valence-electron chi connectivity index (χ4n) is 5.50. The minimum atomic E-state index is -0.125. The second-order valence-electron chi connectivity index (χ2n) is 9.54. The topological polar surface area (TPSA) is 64.7 Å². The molecule has 0 aromatic heterocycles. The summed E-state index contributed by atoms with van der Waals surface area (Å²) in [6.45, 7) is 11.4. The van der Waals surface area contributed by atoms with Gasteiger partial charge in [-0.2, -0.15) is 0 Å². The van der Waals surface area contributed by atoms with Gasteiger partial charge < -0.3 is 20.4 Å². The Hall–Kier alpha value is -2.08. The first-order valence-electron chi connectivity index (χ1n) is 11.0. The van der Waals surface area contributed by atoms with E-state index in [4.69, 9.17) is 0 Å². The fraction of sp³-hybridized carbons (Fsp3) is 0.652. The predicted molar refractivity (Wildman–Crippen MR) is 113 cm³/mol. The van der Waals surface area contributed by atoms with Crippen molar-refractivity contribution in [3.05, 3.63) is 35.4 Å². The van der Waals surface area contributed by atoms with Gasteiger partial charge in [0.05, 0.1) is 5.92 Å². The highest BCUT2D eigenvalue weighted by molar-refractivity contribution is 5.84. The number of nitrogens with one attached hydrogen (secondary N) is 2. The number of hydrogen-bond donors (Lipinski definition) is 2. The molecule has 1 aromatic carbocycles. The maximum absolute atomic E-state index is 12.7. The first-order chi connectivity index (χ1) is 13.9. The highest BCUT2D eigenvalue weighted by Gasteiger charge is 2.57. The lowest BCUT2D eigenvalue weighted by Gasteiger charge is -2.42. The number of carbonyl (C=O) groups is 2. The quantitative estimate of drug-likeness (QED) is 0.818. The lowest BCUT2D eigenvalue weighted by molar-refractivity contribution is -0.123. The molecule has 3 heterocycles. The van der Waals surface area contributed by atoms with E-state index in [1.165, 1.54) is 5.56 Å². The van der Waals surface area contributed by atoms with Crippen LogP contribution in [0.15, 0.2) is 24.3 Å². The number of nitrogens with zero attached hydrogens (tertiary/aromatic N) is 2. The molecule has 3 saturated heterocycles. The summed E-state index contributed by atoms with van der Waals surface area (Å²) in [5.41, 5.74) is 2.22. The Kier molecular flexibility index (Phi) is 5.56. The molecular formula is C23H34N4O2. The molecule has 29 heavy (non-hydrogen) atoms. The average molecular weight is 399 g/mol. The molecule has 0 bridgehead atoms. The number of amides is 3. The van der Waals surface area contributed by atoms with Crippen molar-refractivity contribution in [1.82, 2.24) is 20.4 Å². The zero-order chi connectivity index (χ0) is 20.6. The van der Waals surface area contributed by atoms with Crippen LogP contribution < -0.4 is 10.6 Å². The predicted octanol–water partition coefficient (Wildman–Crippen LogP) is 2.37. The molecule has 1 aromatic rings. The van der Waals surface area contributed by atoms with Crippen molar-refractivity contribution in [1.29, 1.82) is 0 Å². The van der Waals surface area contributed by atoms with E-state index in [2.05, 4.69) is 48.4 Å². The van der Waals surface area contributed by atoms with E-state index in [1.807, 2.05) is 17.0 Å². The van der Waals surface area contributed by atoms with Crippen LogP contribution in [-0.2, 0) is 11.3 Å². The molecule has 4 rings (SSSR count). The zero-order valence-electron chi connectivity index (χ0n) is 17.9. The van der Waals surface area contributed by atoms with Gasteiger partial charge in [-0.1, -0.05) is 38.1 Å². The molecule has 3 aliphatic rings. The van der Waals surface area contributed by atoms with E-state index in [0.29, 0.717) is 31.5 Å². The van der Waals surface area contributed by atoms with E-state index in [-0.39, 0.29) is 23.4 Å². The number of rotatable bonds is 4. The molecule has 0 unspecified atom stereocenters. The number of carbonyl (C=O) groups excluding carboxylic acids is 2. The van der Waals surface area contributed by atoms with Gasteiger partial charge >= 0.3 is 6.03 Å². The molecule has 3 fully saturated rings. The van der Waals surface area contributed by atoms with Gasteiger partial charge in [0.2, 0.25) is 5.91 Å². The van der Waals surface area contributed by atoms with Gasteiger partial charge in [-0.3, -0.25) is 4.79 Å². The van der Waals surface area contributed by atoms with Crippen molar-refractivity contribution >= 4 is 11.9 Å². The van der Waals surface area contributed by atoms with E-state index in [0.717, 1.165) is 38.0 Å². The van der Waals surface area contributed by atoms with Crippen LogP contribution >= 0.6 is 0 Å². The summed E-state index contributed by atoms with van der Waals surface area (Å²) in [6, 6.07) is 8.13. The van der Waals surface area contributed by atoms with Crippen LogP contribution in [0.3, 0.4) is 0 Å². The maximum atomic E-state index is 12.7. The Bertz CT molecular complexity index is 770. The Morgan fingerprint density at radius 1 is 1.24 bits per heavy atom. The van der Waals surface area contributed by atoms with Crippen LogP contribution in [0.4, 0.5) is 4.79 Å². The van der Waals surface area contributed by atoms with Crippen LogP contribution in [-0.4, -0.2) is 60.0 Å². The van der Waals surface area contributed by atoms with Crippen molar-refractivity contribution in [3.8, 4) is 0 Å². The largest absolute Gasteiger partial charge is 0.350 e. The van der Waals surface area contributed by atoms with Crippen LogP contribution in [0.25, 0.3) is 0 Å². The van der Waals surface area contributed by atoms with Crippen molar-refractivity contribution in [2.24, 2.45) is 17.8 Å². The summed E-state index contributed by atoms with van der Waals surface area (Å²) >= 11 is 0. The number of fused-ring (bicyclic) bond motifs is 2. The number of likely N-dealkylation sites (tertiary alicyclic amines) is 2. The van der Waals surface area contributed by atoms with Crippen molar-refractivity contribution in [3.63, 3.8) is 0 Å². The molecule has 3 amide bonds. The lowest BCUT2D eigenvalue weighted by atomic mass is 9.75. The minimum Gasteiger partial charge on any atom is -0.350 e. The van der Waals surface area contributed by atoms with Gasteiger partial charge in [0.15, 0.2) is 0 Å². The number of urea groups is 1. The molecule has 1 spiro atoms. The van der Waals surface area contributed by atoms with E-state index in [9.17, 15) is 9.59 Å². The monoisotopic (exact) mass is 398 g/mol. The molecule has 2 N–H and O–H groups in total. The molecule has 158 valence electrons. The summed E-state index contributed by atoms with van der Waals surface area (Å²) in [5, 5.41) is 6.41. The van der Waals surface area contributed by atoms with Gasteiger partial charge in [-0.25, -0.2) is 4.79 Å². The molecule has 3 aliphatic heterocycles. The second kappa shape index (κ2) is 7.98. The summed E-state index contributed by atoms with van der Waals surface area (Å²) in [7, 11) is 0. The number of hydrogen-bond acceptors (Lipinski definition) is 3. The Morgan fingerprint density at radius 2 is 1.97 bits per heavy atom. The normalized spacial score (nSPS) is 26.1. The highest BCUT2D eigenvalue weighted by atomic mass is 16.2. The number of aryl methyl sites for hydroxylation is 1. The third kappa shape index (κ3) is 4.00. The smallest absolute Gasteiger partial charge is 0.317 e. The van der Waals surface area contributed by atoms with Gasteiger partial charge in [0, 0.05) is 50.7 Å². The fourth-order valence-corrected chi connectivity index (χ4v) is 5.50. The zero-order valence-corrected chi connectivity index (χ0v) is 17.9. The molecular weight excluding hydrogens is 364 g/mol. The molecule has 6 nitrogen and oxygen atoms in total. The van der Waals surface area contributed by atoms with Gasteiger partial charge in [0.25, 0.3) is 0 Å². The average Bonchev–Trinajstić information content (AvgIpc) is 3.20. The van der Waals surface area contributed by atoms with E-state index in [1.54, 1.807) is 0 Å². The standard InChI is InChI=1S/C23H34N4O2/c1-16(2)13-26-14-19-20(15-26)23(25-21(19)28)8-10-27(11-9-23)22(29)24-12-18-7-5-4-6-17(18)3/h4-7,16,19-20H,8-15H2,1-3H3,(H,24,29)(H,25,28)/t19-,20+/m0/s1. The van der Waals surface area contributed by atoms with E-state index < -0.39 is 0 Å². The summed E-state index contributed by atoms with van der Waals surface area (Å²) < 4.78 is 0. The molecule has 6 heteroatoms. The van der Waals surface area contributed by atoms with Crippen LogP contribution in [0.5, 0.6) is 0 Å². The van der Waals surface area contributed by atoms with E-state index >= 15 is 0 Å². The van der Waals surface area contributed by atoms with Crippen molar-refractivity contribution in [2.45, 2.75) is 45.7 Å². The SMILES string of the molecule is Cc1ccccc1CNC(=O)N1CCC2(CC1)NC(=O)[C@H]1CN(CC(C)C)C[C@H]12. The molecule has 2 atom stereocenters. The third-order valence-corrected chi connectivity index (χ3v) is 7.07. The number of piperidine rings is 1. The van der Waals surface area contributed by atoms with Gasteiger partial charge in [0.1, 0.15) is 0 Å². The van der Waals surface area contributed by atoms with Crippen molar-refractivity contribution in [2.75, 3.05) is 32.7 Å². The van der Waals surface area contributed by atoms with Crippen LogP contribution in [0.2, 0.25) is 0 Å². The van der Waals surface area contributed by atoms with Crippen LogP contribution in [0.1, 0.15) is 37.8 Å². The van der Waals surface area contributed by atoms with Crippen LogP contribution in [0, 0.1) is 24.7 Å². The highest BCUT2D eigenvalue weighted by Crippen LogP contribution is 2.44. The van der Waals surface area contributed by atoms with Gasteiger partial charge in [-0.15, -0.1) is 0 Å². The Balaban J connectivity index is 1.33. The second-order valence-corrected chi connectivity index (χ2v) is 9.54. The first kappa shape index (κ1) is 20.2. The maximum Gasteiger partial charge on any atom is 0.317 e.